The van der Waals surface area contributed by atoms with Crippen LogP contribution in [0.1, 0.15) is 38.6 Å². The number of rotatable bonds is 6. The largest absolute Gasteiger partial charge is 0.360 e. The van der Waals surface area contributed by atoms with E-state index in [2.05, 4.69) is 54.2 Å². The van der Waals surface area contributed by atoms with Gasteiger partial charge in [-0.15, -0.1) is 0 Å². The van der Waals surface area contributed by atoms with E-state index in [1.807, 2.05) is 0 Å². The molecule has 0 spiro atoms. The van der Waals surface area contributed by atoms with Crippen molar-refractivity contribution < 1.29 is 4.52 Å². The standard InChI is InChI=1S/C15H28N4O/c1-5-6-16-8-14-7-15(20-17-14)11-19-9-12(2)18(4)13(3)10-19/h7,12-13,16H,5-6,8-11H2,1-4H3. The lowest BCUT2D eigenvalue weighted by Crippen LogP contribution is -2.54. The monoisotopic (exact) mass is 280 g/mol. The average Bonchev–Trinajstić information content (AvgIpc) is 2.84. The van der Waals surface area contributed by atoms with E-state index in [0.717, 1.165) is 50.6 Å². The number of aromatic nitrogens is 1. The highest BCUT2D eigenvalue weighted by Crippen LogP contribution is 2.16. The van der Waals surface area contributed by atoms with Crippen LogP contribution < -0.4 is 5.32 Å². The van der Waals surface area contributed by atoms with Crippen molar-refractivity contribution in [3.8, 4) is 0 Å². The van der Waals surface area contributed by atoms with E-state index >= 15 is 0 Å². The SMILES string of the molecule is CCCNCc1cc(CN2CC(C)N(C)C(C)C2)on1. The summed E-state index contributed by atoms with van der Waals surface area (Å²) in [6, 6.07) is 3.26. The van der Waals surface area contributed by atoms with Gasteiger partial charge in [-0.25, -0.2) is 0 Å². The molecule has 0 amide bonds. The molecule has 1 aliphatic rings. The normalized spacial score (nSPS) is 25.2. The third-order valence-corrected chi connectivity index (χ3v) is 4.16. The number of likely N-dealkylation sites (N-methyl/N-ethyl adjacent to an activating group) is 1. The lowest BCUT2D eigenvalue weighted by molar-refractivity contribution is 0.0506. The molecule has 1 N–H and O–H groups in total. The summed E-state index contributed by atoms with van der Waals surface area (Å²) in [5, 5.41) is 7.48. The number of hydrogen-bond donors (Lipinski definition) is 1. The van der Waals surface area contributed by atoms with Crippen molar-refractivity contribution in [2.45, 2.75) is 52.4 Å². The molecule has 1 aromatic rings. The molecule has 2 heterocycles. The van der Waals surface area contributed by atoms with Gasteiger partial charge in [0.05, 0.1) is 12.2 Å². The van der Waals surface area contributed by atoms with E-state index in [1.54, 1.807) is 0 Å². The molecule has 2 rings (SSSR count). The van der Waals surface area contributed by atoms with Crippen molar-refractivity contribution in [2.75, 3.05) is 26.7 Å². The number of hydrogen-bond acceptors (Lipinski definition) is 5. The lowest BCUT2D eigenvalue weighted by Gasteiger charge is -2.42. The van der Waals surface area contributed by atoms with E-state index in [1.165, 1.54) is 0 Å². The molecule has 114 valence electrons. The van der Waals surface area contributed by atoms with Crippen LogP contribution in [0, 0.1) is 0 Å². The summed E-state index contributed by atoms with van der Waals surface area (Å²) < 4.78 is 5.45. The fourth-order valence-electron chi connectivity index (χ4n) is 2.77. The summed E-state index contributed by atoms with van der Waals surface area (Å²) in [7, 11) is 2.21. The maximum absolute atomic E-state index is 5.45. The van der Waals surface area contributed by atoms with Gasteiger partial charge in [0, 0.05) is 37.8 Å². The minimum absolute atomic E-state index is 0.590. The molecule has 0 saturated carbocycles. The Morgan fingerprint density at radius 2 is 2.05 bits per heavy atom. The first-order valence-electron chi connectivity index (χ1n) is 7.69. The van der Waals surface area contributed by atoms with Crippen molar-refractivity contribution in [2.24, 2.45) is 0 Å². The van der Waals surface area contributed by atoms with E-state index in [0.29, 0.717) is 12.1 Å². The molecule has 1 aromatic heterocycles. The second kappa shape index (κ2) is 7.20. The van der Waals surface area contributed by atoms with E-state index in [9.17, 15) is 0 Å². The molecule has 0 radical (unpaired) electrons. The Morgan fingerprint density at radius 1 is 1.35 bits per heavy atom. The van der Waals surface area contributed by atoms with Crippen molar-refractivity contribution in [3.63, 3.8) is 0 Å². The van der Waals surface area contributed by atoms with Crippen LogP contribution in [0.15, 0.2) is 10.6 Å². The van der Waals surface area contributed by atoms with Crippen LogP contribution in [0.5, 0.6) is 0 Å². The van der Waals surface area contributed by atoms with Gasteiger partial charge >= 0.3 is 0 Å². The highest BCUT2D eigenvalue weighted by molar-refractivity contribution is 5.05. The Hall–Kier alpha value is -0.910. The minimum atomic E-state index is 0.590. The maximum atomic E-state index is 5.45. The van der Waals surface area contributed by atoms with Crippen molar-refractivity contribution in [3.05, 3.63) is 17.5 Å². The average molecular weight is 280 g/mol. The van der Waals surface area contributed by atoms with Crippen LogP contribution in [0.25, 0.3) is 0 Å². The Labute approximate surface area is 122 Å². The summed E-state index contributed by atoms with van der Waals surface area (Å²) in [6.45, 7) is 11.6. The minimum Gasteiger partial charge on any atom is -0.360 e. The van der Waals surface area contributed by atoms with Gasteiger partial charge in [-0.05, 0) is 33.9 Å². The molecule has 0 bridgehead atoms. The van der Waals surface area contributed by atoms with E-state index < -0.39 is 0 Å². The van der Waals surface area contributed by atoms with Gasteiger partial charge in [0.1, 0.15) is 0 Å². The lowest BCUT2D eigenvalue weighted by atomic mass is 10.1. The highest BCUT2D eigenvalue weighted by atomic mass is 16.5. The van der Waals surface area contributed by atoms with Crippen LogP contribution in [-0.4, -0.2) is 53.7 Å². The molecule has 1 saturated heterocycles. The van der Waals surface area contributed by atoms with Gasteiger partial charge in [0.15, 0.2) is 5.76 Å². The summed E-state index contributed by atoms with van der Waals surface area (Å²) in [5.74, 6) is 0.974. The van der Waals surface area contributed by atoms with Crippen molar-refractivity contribution in [1.29, 1.82) is 0 Å². The molecule has 5 nitrogen and oxygen atoms in total. The van der Waals surface area contributed by atoms with Crippen LogP contribution in [0.3, 0.4) is 0 Å². The van der Waals surface area contributed by atoms with Gasteiger partial charge in [-0.2, -0.15) is 0 Å². The Kier molecular flexibility index (Phi) is 5.57. The maximum Gasteiger partial charge on any atom is 0.151 e. The van der Waals surface area contributed by atoms with Crippen LogP contribution >= 0.6 is 0 Å². The second-order valence-electron chi connectivity index (χ2n) is 6.02. The molecule has 0 aromatic carbocycles. The first-order valence-corrected chi connectivity index (χ1v) is 7.69. The summed E-state index contributed by atoms with van der Waals surface area (Å²) in [4.78, 5) is 4.90. The highest BCUT2D eigenvalue weighted by Gasteiger charge is 2.26. The van der Waals surface area contributed by atoms with Gasteiger partial charge in [0.25, 0.3) is 0 Å². The molecule has 1 fully saturated rings. The molecular weight excluding hydrogens is 252 g/mol. The van der Waals surface area contributed by atoms with E-state index in [4.69, 9.17) is 4.52 Å². The van der Waals surface area contributed by atoms with Crippen molar-refractivity contribution in [1.82, 2.24) is 20.3 Å². The quantitative estimate of drug-likeness (QED) is 0.804. The number of piperazine rings is 1. The van der Waals surface area contributed by atoms with Gasteiger partial charge < -0.3 is 9.84 Å². The topological polar surface area (TPSA) is 44.5 Å². The molecule has 20 heavy (non-hydrogen) atoms. The van der Waals surface area contributed by atoms with Crippen molar-refractivity contribution >= 4 is 0 Å². The fourth-order valence-corrected chi connectivity index (χ4v) is 2.77. The van der Waals surface area contributed by atoms with Gasteiger partial charge in [-0.3, -0.25) is 9.80 Å². The fraction of sp³-hybridized carbons (Fsp3) is 0.800. The molecule has 1 aliphatic heterocycles. The molecular formula is C15H28N4O. The predicted molar refractivity (Wildman–Crippen MR) is 80.5 cm³/mol. The summed E-state index contributed by atoms with van der Waals surface area (Å²) >= 11 is 0. The van der Waals surface area contributed by atoms with Gasteiger partial charge in [-0.1, -0.05) is 12.1 Å². The third kappa shape index (κ3) is 4.04. The zero-order valence-corrected chi connectivity index (χ0v) is 13.2. The Balaban J connectivity index is 1.84. The first-order chi connectivity index (χ1) is 9.60. The molecule has 5 heteroatoms. The number of nitrogens with zero attached hydrogens (tertiary/aromatic N) is 3. The molecule has 2 atom stereocenters. The zero-order chi connectivity index (χ0) is 14.5. The second-order valence-corrected chi connectivity index (χ2v) is 6.02. The third-order valence-electron chi connectivity index (χ3n) is 4.16. The van der Waals surface area contributed by atoms with E-state index in [-0.39, 0.29) is 0 Å². The Morgan fingerprint density at radius 3 is 2.70 bits per heavy atom. The molecule has 2 unspecified atom stereocenters. The molecule has 0 aliphatic carbocycles. The summed E-state index contributed by atoms with van der Waals surface area (Å²) in [5.41, 5.74) is 1.00. The zero-order valence-electron chi connectivity index (χ0n) is 13.2. The van der Waals surface area contributed by atoms with Crippen LogP contribution in [0.4, 0.5) is 0 Å². The van der Waals surface area contributed by atoms with Crippen LogP contribution in [-0.2, 0) is 13.1 Å². The first kappa shape index (κ1) is 15.5. The summed E-state index contributed by atoms with van der Waals surface area (Å²) in [6.07, 6.45) is 1.14. The Bertz CT molecular complexity index is 394. The van der Waals surface area contributed by atoms with Gasteiger partial charge in [0.2, 0.25) is 0 Å². The smallest absolute Gasteiger partial charge is 0.151 e. The predicted octanol–water partition coefficient (Wildman–Crippen LogP) is 1.70. The number of nitrogens with one attached hydrogen (secondary N) is 1. The van der Waals surface area contributed by atoms with Crippen LogP contribution in [0.2, 0.25) is 0 Å².